The van der Waals surface area contributed by atoms with E-state index in [0.29, 0.717) is 18.5 Å². The molecule has 10 heteroatoms. The topological polar surface area (TPSA) is 132 Å². The van der Waals surface area contributed by atoms with E-state index in [1.165, 1.54) is 6.20 Å². The third kappa shape index (κ3) is 3.99. The number of aromatic nitrogens is 3. The number of nitrogens with zero attached hydrogens (tertiary/aromatic N) is 3. The van der Waals surface area contributed by atoms with Gasteiger partial charge in [0.15, 0.2) is 0 Å². The van der Waals surface area contributed by atoms with Crippen molar-refractivity contribution in [2.45, 2.75) is 37.3 Å². The van der Waals surface area contributed by atoms with Gasteiger partial charge in [-0.3, -0.25) is 9.78 Å². The van der Waals surface area contributed by atoms with Gasteiger partial charge in [0.25, 0.3) is 11.8 Å². The molecule has 0 saturated heterocycles. The van der Waals surface area contributed by atoms with E-state index in [1.807, 2.05) is 24.3 Å². The van der Waals surface area contributed by atoms with Crippen LogP contribution in [0.2, 0.25) is 0 Å². The molecule has 6 N–H and O–H groups in total. The van der Waals surface area contributed by atoms with Crippen LogP contribution in [0.1, 0.15) is 29.6 Å². The van der Waals surface area contributed by atoms with E-state index >= 15 is 0 Å². The standard InChI is InChI=1S/C20H21F2N7O/c21-20(22)7-1-4-15(16(20)23)28-19-26-10-13(17(24)30)18(29-19)27-12-5-6-14-11(9-12)3-2-8-25-14/h2-3,5-6,8-10,15-16H,1,4,7,23H2,(H2,24,30)(H2,26,27,28,29)/t15-,16-/m1/s1. The minimum absolute atomic E-state index is 0.0742. The number of anilines is 3. The van der Waals surface area contributed by atoms with E-state index in [4.69, 9.17) is 11.5 Å². The molecule has 0 aliphatic heterocycles. The Hall–Kier alpha value is -3.40. The number of carbonyl (C=O) groups is 1. The fourth-order valence-electron chi connectivity index (χ4n) is 3.54. The number of carbonyl (C=O) groups excluding carboxylic acids is 1. The number of alkyl halides is 2. The fourth-order valence-corrected chi connectivity index (χ4v) is 3.54. The number of pyridine rings is 1. The molecule has 2 aromatic heterocycles. The van der Waals surface area contributed by atoms with E-state index in [0.717, 1.165) is 10.9 Å². The van der Waals surface area contributed by atoms with Crippen molar-refractivity contribution in [3.05, 3.63) is 48.3 Å². The van der Waals surface area contributed by atoms with Crippen molar-refractivity contribution < 1.29 is 13.6 Å². The number of fused-ring (bicyclic) bond motifs is 1. The maximum atomic E-state index is 13.9. The minimum atomic E-state index is -2.96. The number of benzene rings is 1. The molecule has 0 unspecified atom stereocenters. The molecule has 4 rings (SSSR count). The highest BCUT2D eigenvalue weighted by Crippen LogP contribution is 2.33. The molecule has 1 saturated carbocycles. The molecule has 156 valence electrons. The van der Waals surface area contributed by atoms with Crippen LogP contribution in [0.5, 0.6) is 0 Å². The van der Waals surface area contributed by atoms with Crippen molar-refractivity contribution in [3.63, 3.8) is 0 Å². The number of halogens is 2. The Morgan fingerprint density at radius 2 is 2.07 bits per heavy atom. The largest absolute Gasteiger partial charge is 0.365 e. The zero-order valence-electron chi connectivity index (χ0n) is 16.0. The molecule has 3 aromatic rings. The maximum absolute atomic E-state index is 13.9. The number of primary amides is 1. The van der Waals surface area contributed by atoms with Crippen LogP contribution in [0.4, 0.5) is 26.2 Å². The number of hydrogen-bond acceptors (Lipinski definition) is 7. The van der Waals surface area contributed by atoms with E-state index in [2.05, 4.69) is 25.6 Å². The predicted octanol–water partition coefficient (Wildman–Crippen LogP) is 2.79. The highest BCUT2D eigenvalue weighted by atomic mass is 19.3. The van der Waals surface area contributed by atoms with Crippen LogP contribution in [-0.2, 0) is 0 Å². The first-order chi connectivity index (χ1) is 14.3. The van der Waals surface area contributed by atoms with Crippen LogP contribution in [0.25, 0.3) is 10.9 Å². The Balaban J connectivity index is 1.62. The molecule has 1 fully saturated rings. The summed E-state index contributed by atoms with van der Waals surface area (Å²) in [6, 6.07) is 7.14. The molecule has 30 heavy (non-hydrogen) atoms. The van der Waals surface area contributed by atoms with Crippen molar-refractivity contribution in [1.82, 2.24) is 15.0 Å². The molecule has 2 heterocycles. The molecule has 2 atom stereocenters. The Bertz CT molecular complexity index is 1090. The second-order valence-corrected chi connectivity index (χ2v) is 7.29. The van der Waals surface area contributed by atoms with Gasteiger partial charge < -0.3 is 22.1 Å². The molecule has 1 aliphatic rings. The number of nitrogens with one attached hydrogen (secondary N) is 2. The van der Waals surface area contributed by atoms with E-state index < -0.39 is 23.9 Å². The second-order valence-electron chi connectivity index (χ2n) is 7.29. The molecule has 0 radical (unpaired) electrons. The molecular formula is C20H21F2N7O. The Labute approximate surface area is 171 Å². The van der Waals surface area contributed by atoms with Gasteiger partial charge in [0.1, 0.15) is 11.4 Å². The third-order valence-corrected chi connectivity index (χ3v) is 5.18. The van der Waals surface area contributed by atoms with Gasteiger partial charge in [-0.2, -0.15) is 4.98 Å². The van der Waals surface area contributed by atoms with Gasteiger partial charge >= 0.3 is 0 Å². The van der Waals surface area contributed by atoms with Crippen molar-refractivity contribution in [1.29, 1.82) is 0 Å². The fraction of sp³-hybridized carbons (Fsp3) is 0.300. The lowest BCUT2D eigenvalue weighted by atomic mass is 9.87. The summed E-state index contributed by atoms with van der Waals surface area (Å²) in [6.07, 6.45) is 3.53. The van der Waals surface area contributed by atoms with E-state index in [1.54, 1.807) is 12.3 Å². The lowest BCUT2D eigenvalue weighted by Crippen LogP contribution is -2.55. The van der Waals surface area contributed by atoms with Crippen LogP contribution in [0.3, 0.4) is 0 Å². The van der Waals surface area contributed by atoms with Crippen LogP contribution >= 0.6 is 0 Å². The van der Waals surface area contributed by atoms with Gasteiger partial charge in [0.2, 0.25) is 5.95 Å². The summed E-state index contributed by atoms with van der Waals surface area (Å²) < 4.78 is 27.9. The molecule has 8 nitrogen and oxygen atoms in total. The second kappa shape index (κ2) is 7.79. The summed E-state index contributed by atoms with van der Waals surface area (Å²) in [6.45, 7) is 0. The van der Waals surface area contributed by atoms with E-state index in [9.17, 15) is 13.6 Å². The first-order valence-electron chi connectivity index (χ1n) is 9.52. The number of amides is 1. The summed E-state index contributed by atoms with van der Waals surface area (Å²) in [7, 11) is 0. The molecule has 1 amide bonds. The van der Waals surface area contributed by atoms with Crippen molar-refractivity contribution >= 4 is 34.3 Å². The lowest BCUT2D eigenvalue weighted by molar-refractivity contribution is -0.0555. The molecular weight excluding hydrogens is 392 g/mol. The number of rotatable bonds is 5. The van der Waals surface area contributed by atoms with Crippen molar-refractivity contribution in [2.75, 3.05) is 10.6 Å². The Morgan fingerprint density at radius 3 is 2.87 bits per heavy atom. The molecule has 1 aliphatic carbocycles. The average Bonchev–Trinajstić information content (AvgIpc) is 2.71. The van der Waals surface area contributed by atoms with Crippen LogP contribution < -0.4 is 22.1 Å². The van der Waals surface area contributed by atoms with E-state index in [-0.39, 0.29) is 23.8 Å². The zero-order valence-corrected chi connectivity index (χ0v) is 16.0. The highest BCUT2D eigenvalue weighted by molar-refractivity contribution is 5.98. The summed E-state index contributed by atoms with van der Waals surface area (Å²) >= 11 is 0. The summed E-state index contributed by atoms with van der Waals surface area (Å²) in [5.41, 5.74) is 12.7. The first-order valence-corrected chi connectivity index (χ1v) is 9.52. The SMILES string of the molecule is NC(=O)c1cnc(N[C@@H]2CCCC(F)(F)[C@@H]2N)nc1Nc1ccc2ncccc2c1. The van der Waals surface area contributed by atoms with Crippen molar-refractivity contribution in [2.24, 2.45) is 11.5 Å². The smallest absolute Gasteiger partial charge is 0.264 e. The van der Waals surface area contributed by atoms with Crippen LogP contribution in [0, 0.1) is 0 Å². The predicted molar refractivity (Wildman–Crippen MR) is 110 cm³/mol. The monoisotopic (exact) mass is 413 g/mol. The van der Waals surface area contributed by atoms with Crippen LogP contribution in [0.15, 0.2) is 42.7 Å². The van der Waals surface area contributed by atoms with Crippen LogP contribution in [-0.4, -0.2) is 38.9 Å². The first kappa shape index (κ1) is 19.9. The summed E-state index contributed by atoms with van der Waals surface area (Å²) in [5, 5.41) is 6.83. The van der Waals surface area contributed by atoms with Gasteiger partial charge in [-0.15, -0.1) is 0 Å². The Morgan fingerprint density at radius 1 is 1.23 bits per heavy atom. The molecule has 0 spiro atoms. The van der Waals surface area contributed by atoms with Gasteiger partial charge in [0.05, 0.1) is 17.6 Å². The minimum Gasteiger partial charge on any atom is -0.365 e. The highest BCUT2D eigenvalue weighted by Gasteiger charge is 2.44. The number of hydrogen-bond donors (Lipinski definition) is 4. The van der Waals surface area contributed by atoms with Gasteiger partial charge in [-0.25, -0.2) is 13.8 Å². The average molecular weight is 413 g/mol. The van der Waals surface area contributed by atoms with Gasteiger partial charge in [-0.05, 0) is 37.1 Å². The molecule has 0 bridgehead atoms. The lowest BCUT2D eigenvalue weighted by Gasteiger charge is -2.35. The Kier molecular flexibility index (Phi) is 5.17. The van der Waals surface area contributed by atoms with Crippen molar-refractivity contribution in [3.8, 4) is 0 Å². The zero-order chi connectivity index (χ0) is 21.3. The van der Waals surface area contributed by atoms with Gasteiger partial charge in [0, 0.05) is 29.9 Å². The maximum Gasteiger partial charge on any atom is 0.264 e. The summed E-state index contributed by atoms with van der Waals surface area (Å²) in [4.78, 5) is 24.4. The molecule has 1 aromatic carbocycles. The number of nitrogens with two attached hydrogens (primary N) is 2. The third-order valence-electron chi connectivity index (χ3n) is 5.18. The normalized spacial score (nSPS) is 20.6. The van der Waals surface area contributed by atoms with Gasteiger partial charge in [-0.1, -0.05) is 6.07 Å². The summed E-state index contributed by atoms with van der Waals surface area (Å²) in [5.74, 6) is -3.42. The quantitative estimate of drug-likeness (QED) is 0.506.